The van der Waals surface area contributed by atoms with Gasteiger partial charge in [0.1, 0.15) is 0 Å². The SMILES string of the molecule is C[C@H](CCCO)NC[C@H]1C[C@H]2C=C[C@H]1C2. The highest BCUT2D eigenvalue weighted by Crippen LogP contribution is 2.42. The molecule has 1 saturated carbocycles. The summed E-state index contributed by atoms with van der Waals surface area (Å²) >= 11 is 0. The lowest BCUT2D eigenvalue weighted by Gasteiger charge is -2.21. The van der Waals surface area contributed by atoms with E-state index in [-0.39, 0.29) is 0 Å². The zero-order chi connectivity index (χ0) is 10.7. The van der Waals surface area contributed by atoms with Crippen LogP contribution in [0.25, 0.3) is 0 Å². The molecule has 2 rings (SSSR count). The molecule has 0 heterocycles. The van der Waals surface area contributed by atoms with E-state index < -0.39 is 0 Å². The van der Waals surface area contributed by atoms with Gasteiger partial charge in [-0.15, -0.1) is 0 Å². The van der Waals surface area contributed by atoms with Gasteiger partial charge in [0, 0.05) is 12.6 Å². The number of hydrogen-bond donors (Lipinski definition) is 2. The Labute approximate surface area is 92.8 Å². The van der Waals surface area contributed by atoms with Gasteiger partial charge in [-0.05, 0) is 56.9 Å². The highest BCUT2D eigenvalue weighted by molar-refractivity contribution is 5.10. The van der Waals surface area contributed by atoms with Crippen LogP contribution in [0.1, 0.15) is 32.6 Å². The van der Waals surface area contributed by atoms with Crippen LogP contribution in [0.3, 0.4) is 0 Å². The van der Waals surface area contributed by atoms with Gasteiger partial charge in [-0.3, -0.25) is 0 Å². The van der Waals surface area contributed by atoms with Crippen LogP contribution >= 0.6 is 0 Å². The molecule has 0 aliphatic heterocycles. The van der Waals surface area contributed by atoms with Crippen LogP contribution in [-0.4, -0.2) is 24.3 Å². The van der Waals surface area contributed by atoms with Crippen molar-refractivity contribution in [2.75, 3.05) is 13.2 Å². The Hall–Kier alpha value is -0.340. The Morgan fingerprint density at radius 2 is 2.27 bits per heavy atom. The van der Waals surface area contributed by atoms with Crippen LogP contribution in [0.15, 0.2) is 12.2 Å². The van der Waals surface area contributed by atoms with Crippen molar-refractivity contribution in [1.29, 1.82) is 0 Å². The maximum Gasteiger partial charge on any atom is 0.0431 e. The maximum atomic E-state index is 8.74. The molecule has 0 saturated heterocycles. The van der Waals surface area contributed by atoms with Crippen molar-refractivity contribution < 1.29 is 5.11 Å². The first-order valence-electron chi connectivity index (χ1n) is 6.32. The standard InChI is InChI=1S/C13H23NO/c1-10(3-2-6-15)14-9-13-8-11-4-5-12(13)7-11/h4-5,10-15H,2-3,6-9H2,1H3/t10-,11+,12+,13-/m1/s1. The second-order valence-corrected chi connectivity index (χ2v) is 5.22. The van der Waals surface area contributed by atoms with Gasteiger partial charge in [0.25, 0.3) is 0 Å². The van der Waals surface area contributed by atoms with Crippen LogP contribution in [0.2, 0.25) is 0 Å². The summed E-state index contributed by atoms with van der Waals surface area (Å²) in [4.78, 5) is 0. The molecule has 2 aliphatic rings. The summed E-state index contributed by atoms with van der Waals surface area (Å²) in [5, 5.41) is 12.3. The number of allylic oxidation sites excluding steroid dienone is 2. The Morgan fingerprint density at radius 1 is 1.40 bits per heavy atom. The second-order valence-electron chi connectivity index (χ2n) is 5.22. The molecule has 1 fully saturated rings. The molecule has 15 heavy (non-hydrogen) atoms. The molecule has 0 aromatic carbocycles. The molecule has 0 aromatic heterocycles. The average Bonchev–Trinajstić information content (AvgIpc) is 2.84. The zero-order valence-electron chi connectivity index (χ0n) is 9.65. The smallest absolute Gasteiger partial charge is 0.0431 e. The van der Waals surface area contributed by atoms with Crippen molar-refractivity contribution in [3.63, 3.8) is 0 Å². The van der Waals surface area contributed by atoms with E-state index in [0.29, 0.717) is 12.6 Å². The summed E-state index contributed by atoms with van der Waals surface area (Å²) in [6.07, 6.45) is 9.62. The molecule has 0 amide bonds. The normalized spacial score (nSPS) is 34.9. The van der Waals surface area contributed by atoms with Crippen LogP contribution < -0.4 is 5.32 Å². The van der Waals surface area contributed by atoms with E-state index in [2.05, 4.69) is 24.4 Å². The van der Waals surface area contributed by atoms with Crippen molar-refractivity contribution >= 4 is 0 Å². The molecule has 0 aromatic rings. The Kier molecular flexibility index (Phi) is 3.81. The third kappa shape index (κ3) is 2.82. The van der Waals surface area contributed by atoms with E-state index in [1.165, 1.54) is 12.8 Å². The van der Waals surface area contributed by atoms with Crippen molar-refractivity contribution in [1.82, 2.24) is 5.32 Å². The van der Waals surface area contributed by atoms with Gasteiger partial charge in [-0.25, -0.2) is 0 Å². The summed E-state index contributed by atoms with van der Waals surface area (Å²) in [7, 11) is 0. The molecular formula is C13H23NO. The molecule has 2 heteroatoms. The van der Waals surface area contributed by atoms with Crippen LogP contribution in [0, 0.1) is 17.8 Å². The van der Waals surface area contributed by atoms with Gasteiger partial charge >= 0.3 is 0 Å². The van der Waals surface area contributed by atoms with Crippen molar-refractivity contribution in [2.24, 2.45) is 17.8 Å². The lowest BCUT2D eigenvalue weighted by Crippen LogP contribution is -2.32. The zero-order valence-corrected chi connectivity index (χ0v) is 9.65. The highest BCUT2D eigenvalue weighted by atomic mass is 16.2. The number of aliphatic hydroxyl groups is 1. The molecule has 4 atom stereocenters. The number of nitrogens with one attached hydrogen (secondary N) is 1. The van der Waals surface area contributed by atoms with E-state index in [1.807, 2.05) is 0 Å². The fourth-order valence-corrected chi connectivity index (χ4v) is 2.98. The van der Waals surface area contributed by atoms with E-state index in [9.17, 15) is 0 Å². The van der Waals surface area contributed by atoms with Gasteiger partial charge in [0.05, 0.1) is 0 Å². The molecule has 2 nitrogen and oxygen atoms in total. The number of rotatable bonds is 6. The molecule has 86 valence electrons. The molecular weight excluding hydrogens is 186 g/mol. The van der Waals surface area contributed by atoms with Gasteiger partial charge in [0.15, 0.2) is 0 Å². The lowest BCUT2D eigenvalue weighted by atomic mass is 9.93. The molecule has 0 unspecified atom stereocenters. The molecule has 2 N–H and O–H groups in total. The van der Waals surface area contributed by atoms with Crippen molar-refractivity contribution in [2.45, 2.75) is 38.6 Å². The number of hydrogen-bond acceptors (Lipinski definition) is 2. The Bertz CT molecular complexity index is 227. The van der Waals surface area contributed by atoms with Gasteiger partial charge in [-0.2, -0.15) is 0 Å². The first-order chi connectivity index (χ1) is 7.29. The van der Waals surface area contributed by atoms with Gasteiger partial charge in [-0.1, -0.05) is 12.2 Å². The van der Waals surface area contributed by atoms with E-state index in [4.69, 9.17) is 5.11 Å². The lowest BCUT2D eigenvalue weighted by molar-refractivity contribution is 0.274. The van der Waals surface area contributed by atoms with E-state index in [1.54, 1.807) is 0 Å². The maximum absolute atomic E-state index is 8.74. The topological polar surface area (TPSA) is 32.3 Å². The minimum Gasteiger partial charge on any atom is -0.396 e. The predicted molar refractivity (Wildman–Crippen MR) is 62.6 cm³/mol. The van der Waals surface area contributed by atoms with Gasteiger partial charge < -0.3 is 10.4 Å². The number of fused-ring (bicyclic) bond motifs is 2. The summed E-state index contributed by atoms with van der Waals surface area (Å²) in [6.45, 7) is 3.71. The third-order valence-corrected chi connectivity index (χ3v) is 3.94. The fourth-order valence-electron chi connectivity index (χ4n) is 2.98. The highest BCUT2D eigenvalue weighted by Gasteiger charge is 2.35. The summed E-state index contributed by atoms with van der Waals surface area (Å²) in [6, 6.07) is 0.556. The van der Waals surface area contributed by atoms with E-state index >= 15 is 0 Å². The van der Waals surface area contributed by atoms with Crippen LogP contribution in [0.5, 0.6) is 0 Å². The summed E-state index contributed by atoms with van der Waals surface area (Å²) in [5.41, 5.74) is 0. The quantitative estimate of drug-likeness (QED) is 0.655. The molecule has 0 spiro atoms. The minimum absolute atomic E-state index is 0.322. The largest absolute Gasteiger partial charge is 0.396 e. The average molecular weight is 209 g/mol. The predicted octanol–water partition coefficient (Wildman–Crippen LogP) is 1.95. The minimum atomic E-state index is 0.322. The fraction of sp³-hybridized carbons (Fsp3) is 0.846. The first-order valence-corrected chi connectivity index (χ1v) is 6.32. The molecule has 2 aliphatic carbocycles. The monoisotopic (exact) mass is 209 g/mol. The van der Waals surface area contributed by atoms with Crippen LogP contribution in [-0.2, 0) is 0 Å². The third-order valence-electron chi connectivity index (χ3n) is 3.94. The Morgan fingerprint density at radius 3 is 2.87 bits per heavy atom. The summed E-state index contributed by atoms with van der Waals surface area (Å²) in [5.74, 6) is 2.61. The van der Waals surface area contributed by atoms with Gasteiger partial charge in [0.2, 0.25) is 0 Å². The van der Waals surface area contributed by atoms with Crippen molar-refractivity contribution in [3.05, 3.63) is 12.2 Å². The number of aliphatic hydroxyl groups excluding tert-OH is 1. The van der Waals surface area contributed by atoms with E-state index in [0.717, 1.165) is 37.1 Å². The summed E-state index contributed by atoms with van der Waals surface area (Å²) < 4.78 is 0. The second kappa shape index (κ2) is 5.13. The van der Waals surface area contributed by atoms with Crippen LogP contribution in [0.4, 0.5) is 0 Å². The molecule has 2 bridgehead atoms. The Balaban J connectivity index is 1.64. The first kappa shape index (κ1) is 11.2. The van der Waals surface area contributed by atoms with Crippen molar-refractivity contribution in [3.8, 4) is 0 Å². The molecule has 0 radical (unpaired) electrons.